The van der Waals surface area contributed by atoms with Gasteiger partial charge in [-0.2, -0.15) is 0 Å². The third-order valence-electron chi connectivity index (χ3n) is 3.10. The van der Waals surface area contributed by atoms with Crippen molar-refractivity contribution in [3.8, 4) is 11.5 Å². The van der Waals surface area contributed by atoms with Crippen molar-refractivity contribution >= 4 is 12.2 Å². The van der Waals surface area contributed by atoms with E-state index in [4.69, 9.17) is 9.47 Å². The first-order valence-corrected chi connectivity index (χ1v) is 6.70. The summed E-state index contributed by atoms with van der Waals surface area (Å²) in [5.41, 5.74) is 2.35. The molecule has 0 atom stereocenters. The molecule has 2 aliphatic heterocycles. The number of hydrogen-bond donors (Lipinski definition) is 0. The fourth-order valence-electron chi connectivity index (χ4n) is 2.13. The van der Waals surface area contributed by atoms with Crippen LogP contribution in [0.1, 0.15) is 11.1 Å². The molecule has 2 aromatic rings. The van der Waals surface area contributed by atoms with E-state index in [1.807, 2.05) is 60.7 Å². The smallest absolute Gasteiger partial charge is 0.126 e. The molecule has 0 aromatic heterocycles. The van der Waals surface area contributed by atoms with Crippen LogP contribution in [-0.4, -0.2) is 13.2 Å². The van der Waals surface area contributed by atoms with Gasteiger partial charge in [0.1, 0.15) is 24.7 Å². The van der Waals surface area contributed by atoms with Crippen LogP contribution in [0, 0.1) is 0 Å². The van der Waals surface area contributed by atoms with E-state index in [0.29, 0.717) is 13.2 Å². The summed E-state index contributed by atoms with van der Waals surface area (Å²) in [6, 6.07) is 16.1. The fraction of sp³-hybridized carbons (Fsp3) is 0.111. The molecular weight excluding hydrogens is 312 g/mol. The van der Waals surface area contributed by atoms with E-state index < -0.39 is 0 Å². The SMILES string of the molecule is C1=Cc2ccccc2OC1.C1=Cc2ccccc2OC1.[Cu]. The second kappa shape index (κ2) is 7.72. The van der Waals surface area contributed by atoms with Gasteiger partial charge in [-0.15, -0.1) is 0 Å². The van der Waals surface area contributed by atoms with Crippen molar-refractivity contribution < 1.29 is 26.5 Å². The average molecular weight is 328 g/mol. The second-order valence-electron chi connectivity index (χ2n) is 4.50. The molecule has 111 valence electrons. The number of para-hydroxylation sites is 2. The van der Waals surface area contributed by atoms with Crippen LogP contribution < -0.4 is 9.47 Å². The number of rotatable bonds is 0. The number of hydrogen-bond acceptors (Lipinski definition) is 2. The Balaban J connectivity index is 0.000000147. The summed E-state index contributed by atoms with van der Waals surface area (Å²) < 4.78 is 10.7. The standard InChI is InChI=1S/2C9H8O.Cu/c2*1-2-6-9-8(4-1)5-3-7-10-9;/h2*1-6H,7H2;. The Bertz CT molecular complexity index is 590. The van der Waals surface area contributed by atoms with Crippen molar-refractivity contribution in [2.45, 2.75) is 0 Å². The summed E-state index contributed by atoms with van der Waals surface area (Å²) in [6.07, 6.45) is 8.20. The quantitative estimate of drug-likeness (QED) is 0.676. The summed E-state index contributed by atoms with van der Waals surface area (Å²) in [6.45, 7) is 1.41. The van der Waals surface area contributed by atoms with E-state index in [1.54, 1.807) is 0 Å². The minimum absolute atomic E-state index is 0. The Morgan fingerprint density at radius 1 is 0.619 bits per heavy atom. The van der Waals surface area contributed by atoms with Crippen molar-refractivity contribution in [2.24, 2.45) is 0 Å². The van der Waals surface area contributed by atoms with Crippen LogP contribution in [0.2, 0.25) is 0 Å². The molecule has 2 nitrogen and oxygen atoms in total. The van der Waals surface area contributed by atoms with Gasteiger partial charge in [-0.3, -0.25) is 0 Å². The Labute approximate surface area is 135 Å². The molecule has 2 heterocycles. The summed E-state index contributed by atoms with van der Waals surface area (Å²) in [5.74, 6) is 1.98. The summed E-state index contributed by atoms with van der Waals surface area (Å²) >= 11 is 0. The molecule has 1 radical (unpaired) electrons. The Kier molecular flexibility index (Phi) is 5.68. The van der Waals surface area contributed by atoms with Crippen molar-refractivity contribution in [1.29, 1.82) is 0 Å². The van der Waals surface area contributed by atoms with Crippen molar-refractivity contribution in [1.82, 2.24) is 0 Å². The van der Waals surface area contributed by atoms with E-state index in [-0.39, 0.29) is 17.1 Å². The topological polar surface area (TPSA) is 18.5 Å². The monoisotopic (exact) mass is 327 g/mol. The normalized spacial score (nSPS) is 13.3. The van der Waals surface area contributed by atoms with Gasteiger partial charge in [0.05, 0.1) is 0 Å². The van der Waals surface area contributed by atoms with Crippen molar-refractivity contribution in [2.75, 3.05) is 13.2 Å². The molecule has 4 rings (SSSR count). The van der Waals surface area contributed by atoms with Crippen LogP contribution in [0.3, 0.4) is 0 Å². The zero-order valence-electron chi connectivity index (χ0n) is 11.5. The molecule has 0 aliphatic carbocycles. The molecule has 3 heteroatoms. The predicted molar refractivity (Wildman–Crippen MR) is 81.9 cm³/mol. The molecule has 2 aliphatic rings. The van der Waals surface area contributed by atoms with Crippen LogP contribution in [0.4, 0.5) is 0 Å². The first-order chi connectivity index (χ1) is 9.93. The van der Waals surface area contributed by atoms with E-state index in [2.05, 4.69) is 12.2 Å². The van der Waals surface area contributed by atoms with E-state index in [9.17, 15) is 0 Å². The molecule has 0 fully saturated rings. The third-order valence-corrected chi connectivity index (χ3v) is 3.10. The van der Waals surface area contributed by atoms with Crippen LogP contribution in [0.5, 0.6) is 11.5 Å². The Morgan fingerprint density at radius 2 is 1.05 bits per heavy atom. The van der Waals surface area contributed by atoms with Gasteiger partial charge >= 0.3 is 0 Å². The molecular formula is C18H16CuO2. The predicted octanol–water partition coefficient (Wildman–Crippen LogP) is 4.18. The van der Waals surface area contributed by atoms with Crippen molar-refractivity contribution in [3.05, 3.63) is 71.8 Å². The summed E-state index contributed by atoms with van der Waals surface area (Å²) in [4.78, 5) is 0. The molecule has 0 unspecified atom stereocenters. The fourth-order valence-corrected chi connectivity index (χ4v) is 2.13. The largest absolute Gasteiger partial charge is 0.489 e. The van der Waals surface area contributed by atoms with Crippen molar-refractivity contribution in [3.63, 3.8) is 0 Å². The maximum atomic E-state index is 5.34. The number of ether oxygens (including phenoxy) is 2. The molecule has 0 amide bonds. The summed E-state index contributed by atoms with van der Waals surface area (Å²) in [5, 5.41) is 0. The van der Waals surface area contributed by atoms with Gasteiger partial charge in [-0.25, -0.2) is 0 Å². The zero-order chi connectivity index (χ0) is 13.6. The minimum Gasteiger partial charge on any atom is -0.489 e. The molecule has 0 saturated carbocycles. The van der Waals surface area contributed by atoms with Crippen LogP contribution in [-0.2, 0) is 17.1 Å². The maximum absolute atomic E-state index is 5.34. The Morgan fingerprint density at radius 3 is 1.48 bits per heavy atom. The molecule has 0 saturated heterocycles. The van der Waals surface area contributed by atoms with Gasteiger partial charge in [0.2, 0.25) is 0 Å². The van der Waals surface area contributed by atoms with Crippen LogP contribution in [0.15, 0.2) is 60.7 Å². The minimum atomic E-state index is 0. The first-order valence-electron chi connectivity index (χ1n) is 6.70. The molecule has 0 bridgehead atoms. The molecule has 0 spiro atoms. The van der Waals surface area contributed by atoms with Crippen LogP contribution >= 0.6 is 0 Å². The van der Waals surface area contributed by atoms with E-state index >= 15 is 0 Å². The second-order valence-corrected chi connectivity index (χ2v) is 4.50. The third kappa shape index (κ3) is 4.01. The maximum Gasteiger partial charge on any atom is 0.126 e. The van der Waals surface area contributed by atoms with E-state index in [1.165, 1.54) is 11.1 Å². The van der Waals surface area contributed by atoms with Gasteiger partial charge in [-0.1, -0.05) is 48.6 Å². The number of benzene rings is 2. The number of fused-ring (bicyclic) bond motifs is 2. The van der Waals surface area contributed by atoms with Gasteiger partial charge in [-0.05, 0) is 24.3 Å². The van der Waals surface area contributed by atoms with Gasteiger partial charge < -0.3 is 9.47 Å². The van der Waals surface area contributed by atoms with Crippen LogP contribution in [0.25, 0.3) is 12.2 Å². The van der Waals surface area contributed by atoms with E-state index in [0.717, 1.165) is 11.5 Å². The molecule has 21 heavy (non-hydrogen) atoms. The Hall–Kier alpha value is -1.96. The van der Waals surface area contributed by atoms with Gasteiger partial charge in [0, 0.05) is 28.2 Å². The zero-order valence-corrected chi connectivity index (χ0v) is 12.4. The summed E-state index contributed by atoms with van der Waals surface area (Å²) in [7, 11) is 0. The average Bonchev–Trinajstić information content (AvgIpc) is 2.56. The molecule has 2 aromatic carbocycles. The van der Waals surface area contributed by atoms with Gasteiger partial charge in [0.15, 0.2) is 0 Å². The van der Waals surface area contributed by atoms with Gasteiger partial charge in [0.25, 0.3) is 0 Å². The first kappa shape index (κ1) is 15.4. The molecule has 0 N–H and O–H groups in total.